The van der Waals surface area contributed by atoms with Crippen molar-refractivity contribution in [3.05, 3.63) is 46.7 Å². The predicted molar refractivity (Wildman–Crippen MR) is 62.3 cm³/mol. The lowest BCUT2D eigenvalue weighted by Crippen LogP contribution is -2.10. The first-order valence-electron chi connectivity index (χ1n) is 5.01. The molecule has 3 heterocycles. The number of nitrogens with two attached hydrogens (primary N) is 1. The average molecular weight is 247 g/mol. The van der Waals surface area contributed by atoms with Gasteiger partial charge in [0.15, 0.2) is 5.76 Å². The molecule has 0 aliphatic rings. The fourth-order valence-corrected chi connectivity index (χ4v) is 2.18. The van der Waals surface area contributed by atoms with Crippen LogP contribution in [0, 0.1) is 0 Å². The van der Waals surface area contributed by atoms with E-state index >= 15 is 0 Å². The number of hydrogen-bond acceptors (Lipinski definition) is 6. The van der Waals surface area contributed by atoms with Gasteiger partial charge < -0.3 is 14.7 Å². The number of thiophene rings is 1. The first-order chi connectivity index (χ1) is 8.34. The Bertz CT molecular complexity index is 586. The molecule has 5 nitrogen and oxygen atoms in total. The minimum absolute atomic E-state index is 0.383. The van der Waals surface area contributed by atoms with Crippen molar-refractivity contribution in [2.24, 2.45) is 5.73 Å². The van der Waals surface area contributed by atoms with Gasteiger partial charge in [0.05, 0.1) is 6.26 Å². The van der Waals surface area contributed by atoms with Gasteiger partial charge in [0, 0.05) is 4.88 Å². The quantitative estimate of drug-likeness (QED) is 0.769. The molecule has 1 atom stereocenters. The Balaban J connectivity index is 1.90. The standard InChI is InChI=1S/C11H9N3O2S/c12-9(8-4-2-6-17-8)11-13-10(14-16-11)7-3-1-5-15-7/h1-6,9H,12H2. The van der Waals surface area contributed by atoms with E-state index in [2.05, 4.69) is 10.1 Å². The van der Waals surface area contributed by atoms with Gasteiger partial charge in [-0.2, -0.15) is 4.98 Å². The Labute approximate surface area is 101 Å². The third-order valence-electron chi connectivity index (χ3n) is 2.30. The molecule has 0 aromatic carbocycles. The van der Waals surface area contributed by atoms with Crippen molar-refractivity contribution in [2.45, 2.75) is 6.04 Å². The van der Waals surface area contributed by atoms with Crippen molar-refractivity contribution >= 4 is 11.3 Å². The van der Waals surface area contributed by atoms with E-state index in [1.165, 1.54) is 0 Å². The second-order valence-corrected chi connectivity index (χ2v) is 4.41. The second kappa shape index (κ2) is 4.15. The van der Waals surface area contributed by atoms with Crippen LogP contribution in [-0.4, -0.2) is 10.1 Å². The Kier molecular flexibility index (Phi) is 2.50. The fourth-order valence-electron chi connectivity index (χ4n) is 1.46. The number of furan rings is 1. The van der Waals surface area contributed by atoms with Crippen LogP contribution >= 0.6 is 11.3 Å². The SMILES string of the molecule is NC(c1nc(-c2ccco2)no1)c1cccs1. The molecule has 0 radical (unpaired) electrons. The molecule has 0 aliphatic carbocycles. The van der Waals surface area contributed by atoms with Crippen LogP contribution in [0.3, 0.4) is 0 Å². The number of nitrogens with zero attached hydrogens (tertiary/aromatic N) is 2. The molecule has 6 heteroatoms. The van der Waals surface area contributed by atoms with E-state index in [0.717, 1.165) is 4.88 Å². The Hall–Kier alpha value is -1.92. The maximum atomic E-state index is 6.01. The molecular weight excluding hydrogens is 238 g/mol. The van der Waals surface area contributed by atoms with Crippen LogP contribution in [-0.2, 0) is 0 Å². The van der Waals surface area contributed by atoms with E-state index in [-0.39, 0.29) is 6.04 Å². The van der Waals surface area contributed by atoms with Crippen molar-refractivity contribution in [1.29, 1.82) is 0 Å². The predicted octanol–water partition coefficient (Wildman–Crippen LogP) is 2.44. The molecule has 3 rings (SSSR count). The molecule has 3 aromatic rings. The number of hydrogen-bond donors (Lipinski definition) is 1. The van der Waals surface area contributed by atoms with Crippen molar-refractivity contribution in [3.8, 4) is 11.6 Å². The average Bonchev–Trinajstić information content (AvgIpc) is 3.09. The van der Waals surface area contributed by atoms with Gasteiger partial charge in [-0.3, -0.25) is 0 Å². The van der Waals surface area contributed by atoms with Crippen LogP contribution in [0.15, 0.2) is 44.8 Å². The lowest BCUT2D eigenvalue weighted by Gasteiger charge is -2.01. The summed E-state index contributed by atoms with van der Waals surface area (Å²) in [7, 11) is 0. The molecule has 0 amide bonds. The van der Waals surface area contributed by atoms with Crippen LogP contribution in [0.25, 0.3) is 11.6 Å². The lowest BCUT2D eigenvalue weighted by molar-refractivity contribution is 0.367. The molecule has 0 saturated carbocycles. The summed E-state index contributed by atoms with van der Waals surface area (Å²) in [6, 6.07) is 7.03. The van der Waals surface area contributed by atoms with E-state index < -0.39 is 0 Å². The first kappa shape index (κ1) is 10.2. The molecule has 1 unspecified atom stereocenters. The molecule has 0 bridgehead atoms. The van der Waals surface area contributed by atoms with Crippen LogP contribution in [0.1, 0.15) is 16.8 Å². The summed E-state index contributed by atoms with van der Waals surface area (Å²) in [6.45, 7) is 0. The summed E-state index contributed by atoms with van der Waals surface area (Å²) in [6.07, 6.45) is 1.56. The molecule has 0 spiro atoms. The summed E-state index contributed by atoms with van der Waals surface area (Å²) in [5, 5.41) is 5.79. The molecule has 0 saturated heterocycles. The van der Waals surface area contributed by atoms with E-state index in [4.69, 9.17) is 14.7 Å². The number of rotatable bonds is 3. The van der Waals surface area contributed by atoms with Gasteiger partial charge in [-0.25, -0.2) is 0 Å². The smallest absolute Gasteiger partial charge is 0.249 e. The van der Waals surface area contributed by atoms with E-state index in [1.807, 2.05) is 17.5 Å². The highest BCUT2D eigenvalue weighted by Crippen LogP contribution is 2.24. The molecule has 0 aliphatic heterocycles. The monoisotopic (exact) mass is 247 g/mol. The second-order valence-electron chi connectivity index (χ2n) is 3.43. The maximum Gasteiger partial charge on any atom is 0.249 e. The van der Waals surface area contributed by atoms with Crippen LogP contribution in [0.4, 0.5) is 0 Å². The third kappa shape index (κ3) is 1.88. The van der Waals surface area contributed by atoms with Gasteiger partial charge in [0.2, 0.25) is 11.7 Å². The molecule has 2 N–H and O–H groups in total. The largest absolute Gasteiger partial charge is 0.461 e. The van der Waals surface area contributed by atoms with Crippen molar-refractivity contribution < 1.29 is 8.94 Å². The summed E-state index contributed by atoms with van der Waals surface area (Å²) in [5.41, 5.74) is 6.01. The normalized spacial score (nSPS) is 12.8. The minimum atomic E-state index is -0.383. The van der Waals surface area contributed by atoms with Gasteiger partial charge in [-0.05, 0) is 23.6 Å². The third-order valence-corrected chi connectivity index (χ3v) is 3.25. The Morgan fingerprint density at radius 1 is 1.29 bits per heavy atom. The zero-order valence-electron chi connectivity index (χ0n) is 8.74. The van der Waals surface area contributed by atoms with Gasteiger partial charge in [-0.1, -0.05) is 11.2 Å². The van der Waals surface area contributed by atoms with E-state index in [0.29, 0.717) is 17.5 Å². The zero-order valence-corrected chi connectivity index (χ0v) is 9.55. The molecule has 17 heavy (non-hydrogen) atoms. The molecular formula is C11H9N3O2S. The van der Waals surface area contributed by atoms with Crippen LogP contribution < -0.4 is 5.73 Å². The van der Waals surface area contributed by atoms with Crippen LogP contribution in [0.2, 0.25) is 0 Å². The summed E-state index contributed by atoms with van der Waals surface area (Å²) >= 11 is 1.56. The summed E-state index contributed by atoms with van der Waals surface area (Å²) < 4.78 is 10.3. The van der Waals surface area contributed by atoms with Gasteiger partial charge in [0.1, 0.15) is 6.04 Å². The van der Waals surface area contributed by atoms with Gasteiger partial charge >= 0.3 is 0 Å². The Morgan fingerprint density at radius 3 is 2.94 bits per heavy atom. The summed E-state index contributed by atoms with van der Waals surface area (Å²) in [5.74, 6) is 1.37. The topological polar surface area (TPSA) is 78.1 Å². The van der Waals surface area contributed by atoms with Gasteiger partial charge in [-0.15, -0.1) is 11.3 Å². The van der Waals surface area contributed by atoms with E-state index in [1.54, 1.807) is 29.7 Å². The van der Waals surface area contributed by atoms with Crippen molar-refractivity contribution in [1.82, 2.24) is 10.1 Å². The zero-order chi connectivity index (χ0) is 11.7. The highest BCUT2D eigenvalue weighted by Gasteiger charge is 2.19. The minimum Gasteiger partial charge on any atom is -0.461 e. The lowest BCUT2D eigenvalue weighted by atomic mass is 10.2. The van der Waals surface area contributed by atoms with Crippen LogP contribution in [0.5, 0.6) is 0 Å². The molecule has 3 aromatic heterocycles. The van der Waals surface area contributed by atoms with Gasteiger partial charge in [0.25, 0.3) is 0 Å². The van der Waals surface area contributed by atoms with Crippen molar-refractivity contribution in [3.63, 3.8) is 0 Å². The van der Waals surface area contributed by atoms with E-state index in [9.17, 15) is 0 Å². The fraction of sp³-hybridized carbons (Fsp3) is 0.0909. The highest BCUT2D eigenvalue weighted by molar-refractivity contribution is 7.10. The Morgan fingerprint density at radius 2 is 2.24 bits per heavy atom. The molecule has 86 valence electrons. The molecule has 0 fully saturated rings. The summed E-state index contributed by atoms with van der Waals surface area (Å²) in [4.78, 5) is 5.20. The highest BCUT2D eigenvalue weighted by atomic mass is 32.1. The van der Waals surface area contributed by atoms with Crippen molar-refractivity contribution in [2.75, 3.05) is 0 Å². The number of aromatic nitrogens is 2. The first-order valence-corrected chi connectivity index (χ1v) is 5.89. The maximum absolute atomic E-state index is 6.01.